The van der Waals surface area contributed by atoms with Crippen molar-refractivity contribution < 1.29 is 4.39 Å². The predicted octanol–water partition coefficient (Wildman–Crippen LogP) is 7.41. The molecule has 0 atom stereocenters. The van der Waals surface area contributed by atoms with Gasteiger partial charge in [0, 0.05) is 10.9 Å². The van der Waals surface area contributed by atoms with E-state index in [0.29, 0.717) is 22.8 Å². The molecule has 3 aromatic rings. The van der Waals surface area contributed by atoms with E-state index in [1.54, 1.807) is 0 Å². The van der Waals surface area contributed by atoms with Crippen LogP contribution in [-0.4, -0.2) is 0 Å². The second kappa shape index (κ2) is 7.07. The van der Waals surface area contributed by atoms with Crippen molar-refractivity contribution in [1.29, 1.82) is 0 Å². The smallest absolute Gasteiger partial charge is 0.138 e. The molecule has 0 nitrogen and oxygen atoms in total. The van der Waals surface area contributed by atoms with Gasteiger partial charge >= 0.3 is 0 Å². The van der Waals surface area contributed by atoms with Crippen LogP contribution >= 0.6 is 0 Å². The average molecular weight is 344 g/mol. The third-order valence-electron chi connectivity index (χ3n) is 5.92. The van der Waals surface area contributed by atoms with Gasteiger partial charge in [-0.05, 0) is 61.0 Å². The monoisotopic (exact) mass is 344 g/mol. The van der Waals surface area contributed by atoms with Gasteiger partial charge in [-0.25, -0.2) is 4.39 Å². The van der Waals surface area contributed by atoms with Crippen molar-refractivity contribution >= 4 is 10.8 Å². The normalized spacial score (nSPS) is 20.2. The van der Waals surface area contributed by atoms with Crippen LogP contribution in [0.1, 0.15) is 42.7 Å². The predicted molar refractivity (Wildman–Crippen MR) is 109 cm³/mol. The Kier molecular flexibility index (Phi) is 4.63. The lowest BCUT2D eigenvalue weighted by molar-refractivity contribution is 0.376. The summed E-state index contributed by atoms with van der Waals surface area (Å²) >= 11 is 0. The molecule has 1 aliphatic carbocycles. The van der Waals surface area contributed by atoms with Gasteiger partial charge in [-0.1, -0.05) is 66.2 Å². The van der Waals surface area contributed by atoms with Crippen molar-refractivity contribution in [2.24, 2.45) is 5.92 Å². The maximum atomic E-state index is 15.1. The summed E-state index contributed by atoms with van der Waals surface area (Å²) in [6, 6.07) is 18.3. The van der Waals surface area contributed by atoms with Crippen LogP contribution in [0.2, 0.25) is 0 Å². The van der Waals surface area contributed by atoms with E-state index in [-0.39, 0.29) is 5.82 Å². The minimum Gasteiger partial charge on any atom is -0.206 e. The molecule has 0 heterocycles. The topological polar surface area (TPSA) is 0 Å². The molecule has 0 aromatic heterocycles. The Morgan fingerprint density at radius 2 is 1.65 bits per heavy atom. The van der Waals surface area contributed by atoms with Crippen LogP contribution in [-0.2, 0) is 0 Å². The number of aryl methyl sites for hydroxylation is 1. The summed E-state index contributed by atoms with van der Waals surface area (Å²) in [5, 5.41) is 1.72. The van der Waals surface area contributed by atoms with Crippen LogP contribution in [0, 0.1) is 18.7 Å². The molecule has 1 heteroatoms. The van der Waals surface area contributed by atoms with Crippen molar-refractivity contribution in [3.05, 3.63) is 84.2 Å². The quantitative estimate of drug-likeness (QED) is 0.434. The fourth-order valence-corrected chi connectivity index (χ4v) is 4.21. The molecule has 0 aliphatic heterocycles. The zero-order valence-corrected chi connectivity index (χ0v) is 15.3. The fourth-order valence-electron chi connectivity index (χ4n) is 4.21. The molecule has 4 rings (SSSR count). The highest BCUT2D eigenvalue weighted by molar-refractivity contribution is 5.89. The lowest BCUT2D eigenvalue weighted by Crippen LogP contribution is -2.11. The van der Waals surface area contributed by atoms with Crippen molar-refractivity contribution in [2.75, 3.05) is 0 Å². The van der Waals surface area contributed by atoms with E-state index >= 15 is 4.39 Å². The number of halogens is 1. The third kappa shape index (κ3) is 3.19. The molecule has 132 valence electrons. The Morgan fingerprint density at radius 3 is 2.35 bits per heavy atom. The number of fused-ring (bicyclic) bond motifs is 1. The Bertz CT molecular complexity index is 928. The van der Waals surface area contributed by atoms with Gasteiger partial charge in [-0.15, -0.1) is 6.58 Å². The third-order valence-corrected chi connectivity index (χ3v) is 5.92. The largest absolute Gasteiger partial charge is 0.206 e. The van der Waals surface area contributed by atoms with Gasteiger partial charge in [0.05, 0.1) is 0 Å². The Balaban J connectivity index is 1.67. The van der Waals surface area contributed by atoms with E-state index in [4.69, 9.17) is 0 Å². The fraction of sp³-hybridized carbons (Fsp3) is 0.280. The van der Waals surface area contributed by atoms with E-state index in [1.807, 2.05) is 43.3 Å². The number of benzene rings is 3. The van der Waals surface area contributed by atoms with Crippen LogP contribution in [0.5, 0.6) is 0 Å². The van der Waals surface area contributed by atoms with Gasteiger partial charge in [0.15, 0.2) is 0 Å². The van der Waals surface area contributed by atoms with Crippen LogP contribution < -0.4 is 0 Å². The standard InChI is InChI=1S/C25H25F/c1-3-18-6-10-19(11-7-18)21-12-14-24-22(16-21)13-15-23(25(24)26)20-8-4-17(2)5-9-20/h3-5,8-9,12-16,18-19H,1,6-7,10-11H2,2H3. The van der Waals surface area contributed by atoms with Crippen molar-refractivity contribution in [3.8, 4) is 11.1 Å². The Morgan fingerprint density at radius 1 is 0.923 bits per heavy atom. The lowest BCUT2D eigenvalue weighted by Gasteiger charge is -2.27. The summed E-state index contributed by atoms with van der Waals surface area (Å²) in [5.74, 6) is 1.14. The van der Waals surface area contributed by atoms with Crippen molar-refractivity contribution in [1.82, 2.24) is 0 Å². The van der Waals surface area contributed by atoms with E-state index < -0.39 is 0 Å². The first-order valence-electron chi connectivity index (χ1n) is 9.57. The molecule has 0 radical (unpaired) electrons. The SMILES string of the molecule is C=CC1CCC(c2ccc3c(F)c(-c4ccc(C)cc4)ccc3c2)CC1. The van der Waals surface area contributed by atoms with E-state index in [9.17, 15) is 0 Å². The lowest BCUT2D eigenvalue weighted by atomic mass is 9.78. The molecule has 0 bridgehead atoms. The summed E-state index contributed by atoms with van der Waals surface area (Å²) < 4.78 is 15.1. The summed E-state index contributed by atoms with van der Waals surface area (Å²) in [4.78, 5) is 0. The van der Waals surface area contributed by atoms with Gasteiger partial charge in [0.1, 0.15) is 5.82 Å². The minimum atomic E-state index is -0.117. The first kappa shape index (κ1) is 17.0. The highest BCUT2D eigenvalue weighted by Gasteiger charge is 2.21. The average Bonchev–Trinajstić information content (AvgIpc) is 2.69. The number of hydrogen-bond donors (Lipinski definition) is 0. The highest BCUT2D eigenvalue weighted by Crippen LogP contribution is 2.38. The first-order chi connectivity index (χ1) is 12.7. The van der Waals surface area contributed by atoms with Crippen LogP contribution in [0.25, 0.3) is 21.9 Å². The zero-order valence-electron chi connectivity index (χ0n) is 15.3. The van der Waals surface area contributed by atoms with Crippen LogP contribution in [0.3, 0.4) is 0 Å². The molecule has 26 heavy (non-hydrogen) atoms. The molecule has 1 aliphatic rings. The van der Waals surface area contributed by atoms with E-state index in [1.165, 1.54) is 36.8 Å². The zero-order chi connectivity index (χ0) is 18.1. The molecule has 1 saturated carbocycles. The first-order valence-corrected chi connectivity index (χ1v) is 9.57. The maximum Gasteiger partial charge on any atom is 0.138 e. The molecule has 3 aromatic carbocycles. The number of allylic oxidation sites excluding steroid dienone is 1. The molecular weight excluding hydrogens is 319 g/mol. The Hall–Kier alpha value is -2.41. The molecule has 0 unspecified atom stereocenters. The molecule has 0 saturated heterocycles. The highest BCUT2D eigenvalue weighted by atomic mass is 19.1. The van der Waals surface area contributed by atoms with Crippen LogP contribution in [0.4, 0.5) is 4.39 Å². The molecule has 0 spiro atoms. The van der Waals surface area contributed by atoms with E-state index in [0.717, 1.165) is 10.9 Å². The van der Waals surface area contributed by atoms with Gasteiger partial charge in [-0.3, -0.25) is 0 Å². The summed E-state index contributed by atoms with van der Waals surface area (Å²) in [7, 11) is 0. The minimum absolute atomic E-state index is 0.117. The van der Waals surface area contributed by atoms with E-state index in [2.05, 4.69) is 30.9 Å². The van der Waals surface area contributed by atoms with Crippen LogP contribution in [0.15, 0.2) is 67.3 Å². The van der Waals surface area contributed by atoms with Gasteiger partial charge in [0.25, 0.3) is 0 Å². The number of hydrogen-bond acceptors (Lipinski definition) is 0. The van der Waals surface area contributed by atoms with Gasteiger partial charge in [0.2, 0.25) is 0 Å². The maximum absolute atomic E-state index is 15.1. The summed E-state index contributed by atoms with van der Waals surface area (Å²) in [5.41, 5.74) is 4.15. The van der Waals surface area contributed by atoms with Gasteiger partial charge in [-0.2, -0.15) is 0 Å². The molecule has 0 amide bonds. The molecule has 0 N–H and O–H groups in total. The Labute approximate surface area is 155 Å². The second-order valence-electron chi connectivity index (χ2n) is 7.62. The van der Waals surface area contributed by atoms with Crippen molar-refractivity contribution in [2.45, 2.75) is 38.5 Å². The number of rotatable bonds is 3. The summed E-state index contributed by atoms with van der Waals surface area (Å²) in [6.07, 6.45) is 6.93. The summed E-state index contributed by atoms with van der Waals surface area (Å²) in [6.45, 7) is 5.98. The van der Waals surface area contributed by atoms with Crippen molar-refractivity contribution in [3.63, 3.8) is 0 Å². The van der Waals surface area contributed by atoms with Gasteiger partial charge < -0.3 is 0 Å². The second-order valence-corrected chi connectivity index (χ2v) is 7.62. The molecular formula is C25H25F. The molecule has 1 fully saturated rings.